The lowest BCUT2D eigenvalue weighted by Gasteiger charge is -2.36. The van der Waals surface area contributed by atoms with Crippen molar-refractivity contribution in [3.63, 3.8) is 0 Å². The highest BCUT2D eigenvalue weighted by Gasteiger charge is 2.42. The molecule has 1 aliphatic heterocycles. The molecule has 3 aromatic rings. The first-order valence-electron chi connectivity index (χ1n) is 15.8. The summed E-state index contributed by atoms with van der Waals surface area (Å²) in [6, 6.07) is 20.3. The first kappa shape index (κ1) is 37.2. The molecule has 0 radical (unpaired) electrons. The molecule has 3 N–H and O–H groups in total. The fourth-order valence-corrected chi connectivity index (χ4v) is 9.30. The lowest BCUT2D eigenvalue weighted by atomic mass is 9.81. The first-order valence-corrected chi connectivity index (χ1v) is 20.2. The van der Waals surface area contributed by atoms with Crippen molar-refractivity contribution >= 4 is 54.9 Å². The standard InChI is InChI=1S/C34H43N3O8S3/c1-4-6-17-34(5-2)23-37(26-15-11-8-12-16-26)28-18-30(46-3)29(19-31(28)47(40,41)24-34)45-21-33(39)35-20-32(38)36-27(22-48(42,43)44)25-13-9-7-10-14-25/h7-16,18-19,27H,4-6,17,20-24H2,1-3H3,(H,35,39)(H,36,38)(H,42,43,44)/t27-,34+/m0/s1. The summed E-state index contributed by atoms with van der Waals surface area (Å²) in [5.74, 6) is -1.84. The summed E-state index contributed by atoms with van der Waals surface area (Å²) in [6.07, 6.45) is 5.16. The molecule has 0 bridgehead atoms. The largest absolute Gasteiger partial charge is 0.483 e. The van der Waals surface area contributed by atoms with Crippen LogP contribution in [0.3, 0.4) is 0 Å². The van der Waals surface area contributed by atoms with E-state index in [1.54, 1.807) is 36.4 Å². The van der Waals surface area contributed by atoms with Crippen LogP contribution in [0.4, 0.5) is 11.4 Å². The van der Waals surface area contributed by atoms with Crippen LogP contribution in [0.2, 0.25) is 0 Å². The highest BCUT2D eigenvalue weighted by Crippen LogP contribution is 2.47. The molecule has 0 fully saturated rings. The van der Waals surface area contributed by atoms with Crippen LogP contribution in [-0.2, 0) is 29.5 Å². The number of carbonyl (C=O) groups is 2. The number of hydrogen-bond acceptors (Lipinski definition) is 9. The Hall–Kier alpha value is -3.59. The van der Waals surface area contributed by atoms with Gasteiger partial charge >= 0.3 is 0 Å². The number of nitrogens with zero attached hydrogens (tertiary/aromatic N) is 1. The normalized spacial score (nSPS) is 17.9. The van der Waals surface area contributed by atoms with E-state index in [9.17, 15) is 31.0 Å². The number of rotatable bonds is 15. The van der Waals surface area contributed by atoms with Crippen LogP contribution in [0.15, 0.2) is 82.6 Å². The maximum atomic E-state index is 14.1. The molecule has 48 heavy (non-hydrogen) atoms. The zero-order valence-electron chi connectivity index (χ0n) is 27.3. The number of ether oxygens (including phenoxy) is 1. The molecule has 0 aliphatic carbocycles. The van der Waals surface area contributed by atoms with Crippen molar-refractivity contribution in [3.05, 3.63) is 78.4 Å². The molecule has 2 amide bonds. The second-order valence-electron chi connectivity index (χ2n) is 12.0. The maximum absolute atomic E-state index is 14.1. The maximum Gasteiger partial charge on any atom is 0.267 e. The highest BCUT2D eigenvalue weighted by molar-refractivity contribution is 7.98. The van der Waals surface area contributed by atoms with Crippen LogP contribution in [0.25, 0.3) is 0 Å². The van der Waals surface area contributed by atoms with Crippen LogP contribution in [-0.4, -0.2) is 70.7 Å². The van der Waals surface area contributed by atoms with Gasteiger partial charge in [-0.2, -0.15) is 8.42 Å². The molecular formula is C34H43N3O8S3. The predicted molar refractivity (Wildman–Crippen MR) is 188 cm³/mol. The lowest BCUT2D eigenvalue weighted by molar-refractivity contribution is -0.127. The van der Waals surface area contributed by atoms with E-state index < -0.39 is 62.1 Å². The van der Waals surface area contributed by atoms with E-state index in [-0.39, 0.29) is 16.4 Å². The first-order chi connectivity index (χ1) is 22.8. The molecule has 0 saturated heterocycles. The van der Waals surface area contributed by atoms with Gasteiger partial charge in [0.2, 0.25) is 5.91 Å². The molecule has 2 atom stereocenters. The van der Waals surface area contributed by atoms with Gasteiger partial charge in [0.05, 0.1) is 39.6 Å². The highest BCUT2D eigenvalue weighted by atomic mass is 32.2. The second-order valence-corrected chi connectivity index (χ2v) is 16.3. The summed E-state index contributed by atoms with van der Waals surface area (Å²) >= 11 is 1.36. The molecule has 260 valence electrons. The van der Waals surface area contributed by atoms with Crippen LogP contribution in [0.5, 0.6) is 5.75 Å². The van der Waals surface area contributed by atoms with Gasteiger partial charge < -0.3 is 20.3 Å². The Labute approximate surface area is 287 Å². The van der Waals surface area contributed by atoms with Crippen molar-refractivity contribution in [1.82, 2.24) is 10.6 Å². The summed E-state index contributed by atoms with van der Waals surface area (Å²) in [5, 5.41) is 4.96. The fraction of sp³-hybridized carbons (Fsp3) is 0.412. The van der Waals surface area contributed by atoms with Crippen LogP contribution in [0.1, 0.15) is 51.1 Å². The Morgan fingerprint density at radius 1 is 1.04 bits per heavy atom. The molecule has 4 rings (SSSR count). The summed E-state index contributed by atoms with van der Waals surface area (Å²) < 4.78 is 66.5. The molecule has 0 aromatic heterocycles. The van der Waals surface area contributed by atoms with E-state index in [0.29, 0.717) is 29.1 Å². The third kappa shape index (κ3) is 9.74. The molecule has 11 nitrogen and oxygen atoms in total. The van der Waals surface area contributed by atoms with E-state index >= 15 is 0 Å². The van der Waals surface area contributed by atoms with E-state index in [1.807, 2.05) is 43.5 Å². The summed E-state index contributed by atoms with van der Waals surface area (Å²) in [4.78, 5) is 28.2. The summed E-state index contributed by atoms with van der Waals surface area (Å²) in [5.41, 5.74) is 1.44. The third-order valence-corrected chi connectivity index (χ3v) is 12.0. The van der Waals surface area contributed by atoms with Crippen molar-refractivity contribution in [1.29, 1.82) is 0 Å². The van der Waals surface area contributed by atoms with Gasteiger partial charge in [-0.3, -0.25) is 14.1 Å². The molecule has 14 heteroatoms. The number of anilines is 2. The van der Waals surface area contributed by atoms with Gasteiger partial charge in [-0.1, -0.05) is 75.2 Å². The quantitative estimate of drug-likeness (QED) is 0.142. The molecule has 0 spiro atoms. The van der Waals surface area contributed by atoms with Crippen molar-refractivity contribution < 1.29 is 35.7 Å². The number of benzene rings is 3. The minimum atomic E-state index is -4.41. The number of unbranched alkanes of at least 4 members (excludes halogenated alkanes) is 1. The monoisotopic (exact) mass is 717 g/mol. The zero-order chi connectivity index (χ0) is 35.0. The van der Waals surface area contributed by atoms with Crippen molar-refractivity contribution in [2.45, 2.75) is 55.4 Å². The van der Waals surface area contributed by atoms with E-state index in [2.05, 4.69) is 22.5 Å². The van der Waals surface area contributed by atoms with Crippen LogP contribution in [0, 0.1) is 5.41 Å². The van der Waals surface area contributed by atoms with Gasteiger partial charge in [0.1, 0.15) is 5.75 Å². The average molecular weight is 718 g/mol. The smallest absolute Gasteiger partial charge is 0.267 e. The Balaban J connectivity index is 1.53. The number of thioether (sulfide) groups is 1. The number of sulfone groups is 1. The number of hydrogen-bond donors (Lipinski definition) is 3. The van der Waals surface area contributed by atoms with E-state index in [4.69, 9.17) is 4.74 Å². The van der Waals surface area contributed by atoms with E-state index in [1.165, 1.54) is 17.8 Å². The second kappa shape index (κ2) is 16.2. The predicted octanol–water partition coefficient (Wildman–Crippen LogP) is 5.16. The molecule has 3 aromatic carbocycles. The fourth-order valence-electron chi connectivity index (χ4n) is 5.88. The van der Waals surface area contributed by atoms with Crippen molar-refractivity contribution in [2.75, 3.05) is 42.4 Å². The zero-order valence-corrected chi connectivity index (χ0v) is 29.8. The van der Waals surface area contributed by atoms with Gasteiger partial charge in [0.25, 0.3) is 16.0 Å². The average Bonchev–Trinajstić information content (AvgIpc) is 3.16. The number of carbonyl (C=O) groups excluding carboxylic acids is 2. The van der Waals surface area contributed by atoms with Gasteiger partial charge in [-0.05, 0) is 42.9 Å². The molecule has 1 aliphatic rings. The summed E-state index contributed by atoms with van der Waals surface area (Å²) in [6.45, 7) is 3.70. The topological polar surface area (TPSA) is 159 Å². The Morgan fingerprint density at radius 3 is 2.31 bits per heavy atom. The van der Waals surface area contributed by atoms with Gasteiger partial charge in [-0.25, -0.2) is 8.42 Å². The van der Waals surface area contributed by atoms with Crippen LogP contribution < -0.4 is 20.3 Å². The minimum absolute atomic E-state index is 0.0119. The number of para-hydroxylation sites is 1. The third-order valence-electron chi connectivity index (χ3n) is 8.46. The van der Waals surface area contributed by atoms with Crippen molar-refractivity contribution in [2.24, 2.45) is 5.41 Å². The summed E-state index contributed by atoms with van der Waals surface area (Å²) in [7, 11) is -8.18. The van der Waals surface area contributed by atoms with Gasteiger partial charge in [-0.15, -0.1) is 11.8 Å². The SMILES string of the molecule is CCCC[C@]1(CC)CN(c2ccccc2)c2cc(SC)c(OCC(=O)NCC(=O)N[C@@H](CS(=O)(=O)O)c3ccccc3)cc2S(=O)(=O)C1. The molecule has 0 unspecified atom stereocenters. The van der Waals surface area contributed by atoms with Crippen molar-refractivity contribution in [3.8, 4) is 5.75 Å². The van der Waals surface area contributed by atoms with E-state index in [0.717, 1.165) is 24.9 Å². The lowest BCUT2D eigenvalue weighted by Crippen LogP contribution is -2.41. The minimum Gasteiger partial charge on any atom is -0.483 e. The Kier molecular flexibility index (Phi) is 12.6. The van der Waals surface area contributed by atoms with Crippen LogP contribution >= 0.6 is 11.8 Å². The number of amides is 2. The molecule has 0 saturated carbocycles. The number of nitrogens with one attached hydrogen (secondary N) is 2. The Bertz CT molecular complexity index is 1790. The number of fused-ring (bicyclic) bond motifs is 1. The van der Waals surface area contributed by atoms with Gasteiger partial charge in [0.15, 0.2) is 16.4 Å². The molecule has 1 heterocycles. The van der Waals surface area contributed by atoms with Gasteiger partial charge in [0, 0.05) is 23.7 Å². The molecular weight excluding hydrogens is 675 g/mol. The Morgan fingerprint density at radius 2 is 1.71 bits per heavy atom.